The predicted molar refractivity (Wildman–Crippen MR) is 259 cm³/mol. The molecule has 0 spiro atoms. The summed E-state index contributed by atoms with van der Waals surface area (Å²) in [5, 5.41) is 3.87. The summed E-state index contributed by atoms with van der Waals surface area (Å²) in [6.45, 7) is 17.0. The molecule has 3 aliphatic rings. The molecule has 1 aliphatic heterocycles. The van der Waals surface area contributed by atoms with Gasteiger partial charge in [0.2, 0.25) is 0 Å². The van der Waals surface area contributed by atoms with Crippen molar-refractivity contribution in [1.29, 1.82) is 0 Å². The molecule has 2 aliphatic carbocycles. The van der Waals surface area contributed by atoms with Gasteiger partial charge in [-0.3, -0.25) is 9.13 Å². The van der Waals surface area contributed by atoms with Crippen LogP contribution in [-0.2, 0) is 12.8 Å². The standard InChI is InChI=1S/C33H32N4.C17H20N2.2C2H6/c1-3-25(23-24-32-34-28-19-11-13-21-30(28)36(32)26-15-9-6-10-16-26)33(2)35-29-20-12-14-22-31(29)37(33)27-17-7-4-5-8-18-27;1-3-8-17-18-14-10-5-7-12-16(14)19(17)15-11-6-4-9-13(15)2;2*1-2/h4,6-23,35H,3,5,24H2,1-2H3;4-7,10-13H,3,8-9H2,1-2H3;2*1-2H3/b25-23+;;;. The summed E-state index contributed by atoms with van der Waals surface area (Å²) in [4.78, 5) is 12.3. The van der Waals surface area contributed by atoms with Crippen LogP contribution in [0.4, 0.5) is 11.4 Å². The highest BCUT2D eigenvalue weighted by Crippen LogP contribution is 2.46. The van der Waals surface area contributed by atoms with Gasteiger partial charge in [0.1, 0.15) is 17.3 Å². The Morgan fingerprint density at radius 2 is 1.37 bits per heavy atom. The van der Waals surface area contributed by atoms with E-state index in [0.717, 1.165) is 72.3 Å². The fourth-order valence-corrected chi connectivity index (χ4v) is 8.44. The summed E-state index contributed by atoms with van der Waals surface area (Å²) in [5.41, 5.74) is 11.5. The van der Waals surface area contributed by atoms with Crippen molar-refractivity contribution in [3.8, 4) is 5.69 Å². The van der Waals surface area contributed by atoms with Gasteiger partial charge in [-0.15, -0.1) is 0 Å². The number of allylic oxidation sites excluding steroid dienone is 10. The van der Waals surface area contributed by atoms with Crippen molar-refractivity contribution < 1.29 is 0 Å². The molecular formula is C54H64N6. The number of aryl methyl sites for hydroxylation is 1. The van der Waals surface area contributed by atoms with Crippen molar-refractivity contribution in [3.63, 3.8) is 0 Å². The van der Waals surface area contributed by atoms with Gasteiger partial charge in [0, 0.05) is 35.8 Å². The first kappa shape index (κ1) is 43.4. The average Bonchev–Trinajstić information content (AvgIpc) is 3.86. The van der Waals surface area contributed by atoms with E-state index >= 15 is 0 Å². The fraction of sp³-hybridized carbons (Fsp3) is 0.296. The third-order valence-electron chi connectivity index (χ3n) is 11.1. The minimum Gasteiger partial charge on any atom is -0.357 e. The number of fused-ring (bicyclic) bond motifs is 3. The molecule has 0 fully saturated rings. The Morgan fingerprint density at radius 1 is 0.733 bits per heavy atom. The number of aromatic nitrogens is 4. The molecule has 9 rings (SSSR count). The highest BCUT2D eigenvalue weighted by Gasteiger charge is 2.43. The van der Waals surface area contributed by atoms with Gasteiger partial charge in [-0.25, -0.2) is 9.97 Å². The smallest absolute Gasteiger partial charge is 0.134 e. The van der Waals surface area contributed by atoms with E-state index in [0.29, 0.717) is 5.92 Å². The van der Waals surface area contributed by atoms with Gasteiger partial charge in [-0.1, -0.05) is 140 Å². The molecule has 6 nitrogen and oxygen atoms in total. The summed E-state index contributed by atoms with van der Waals surface area (Å²) in [5.74, 6) is 2.79. The highest BCUT2D eigenvalue weighted by molar-refractivity contribution is 5.83. The van der Waals surface area contributed by atoms with Gasteiger partial charge in [-0.2, -0.15) is 0 Å². The second-order valence-electron chi connectivity index (χ2n) is 14.9. The van der Waals surface area contributed by atoms with Crippen LogP contribution in [0.5, 0.6) is 0 Å². The molecule has 0 saturated heterocycles. The second kappa shape index (κ2) is 20.7. The quantitative estimate of drug-likeness (QED) is 0.148. The lowest BCUT2D eigenvalue weighted by Crippen LogP contribution is -2.49. The summed E-state index contributed by atoms with van der Waals surface area (Å²) in [6, 6.07) is 36.0. The van der Waals surface area contributed by atoms with Crippen molar-refractivity contribution in [1.82, 2.24) is 19.1 Å². The first-order valence-corrected chi connectivity index (χ1v) is 22.3. The van der Waals surface area contributed by atoms with Crippen molar-refractivity contribution >= 4 is 39.1 Å². The third-order valence-corrected chi connectivity index (χ3v) is 11.1. The molecule has 3 heterocycles. The molecule has 310 valence electrons. The number of nitrogens with zero attached hydrogens (tertiary/aromatic N) is 5. The van der Waals surface area contributed by atoms with Crippen LogP contribution in [0.15, 0.2) is 169 Å². The van der Waals surface area contributed by atoms with Crippen molar-refractivity contribution in [2.45, 2.75) is 99.6 Å². The van der Waals surface area contributed by atoms with E-state index in [1.165, 1.54) is 34.0 Å². The Kier molecular flexibility index (Phi) is 15.0. The first-order valence-electron chi connectivity index (χ1n) is 22.3. The minimum absolute atomic E-state index is 0.392. The Hall–Kier alpha value is -6.14. The van der Waals surface area contributed by atoms with Gasteiger partial charge < -0.3 is 10.2 Å². The Labute approximate surface area is 359 Å². The minimum atomic E-state index is -0.392. The summed E-state index contributed by atoms with van der Waals surface area (Å²) in [7, 11) is 0. The second-order valence-corrected chi connectivity index (χ2v) is 14.9. The number of hydrogen-bond acceptors (Lipinski definition) is 4. The number of imidazole rings is 2. The number of anilines is 2. The van der Waals surface area contributed by atoms with Crippen LogP contribution in [0.3, 0.4) is 0 Å². The van der Waals surface area contributed by atoms with Crippen LogP contribution in [0.2, 0.25) is 0 Å². The zero-order valence-electron chi connectivity index (χ0n) is 37.1. The summed E-state index contributed by atoms with van der Waals surface area (Å²) < 4.78 is 4.66. The normalized spacial score (nSPS) is 17.9. The van der Waals surface area contributed by atoms with E-state index in [9.17, 15) is 0 Å². The molecular weight excluding hydrogens is 733 g/mol. The molecule has 0 radical (unpaired) electrons. The molecule has 6 aromatic rings. The molecule has 60 heavy (non-hydrogen) atoms. The molecule has 1 N–H and O–H groups in total. The molecule has 2 unspecified atom stereocenters. The van der Waals surface area contributed by atoms with Gasteiger partial charge in [0.15, 0.2) is 0 Å². The van der Waals surface area contributed by atoms with Crippen LogP contribution < -0.4 is 10.2 Å². The molecule has 0 amide bonds. The number of rotatable bonds is 9. The van der Waals surface area contributed by atoms with Crippen LogP contribution in [-0.4, -0.2) is 24.8 Å². The number of para-hydroxylation sites is 7. The van der Waals surface area contributed by atoms with E-state index in [-0.39, 0.29) is 0 Å². The fourth-order valence-electron chi connectivity index (χ4n) is 8.44. The number of nitrogens with one attached hydrogen (secondary N) is 1. The van der Waals surface area contributed by atoms with Crippen molar-refractivity contribution in [2.24, 2.45) is 5.92 Å². The first-order chi connectivity index (χ1) is 29.5. The lowest BCUT2D eigenvalue weighted by Gasteiger charge is -2.40. The topological polar surface area (TPSA) is 50.9 Å². The van der Waals surface area contributed by atoms with Gasteiger partial charge in [0.05, 0.1) is 33.4 Å². The zero-order valence-corrected chi connectivity index (χ0v) is 37.1. The van der Waals surface area contributed by atoms with Crippen molar-refractivity contribution in [3.05, 3.63) is 181 Å². The zero-order chi connectivity index (χ0) is 42.5. The van der Waals surface area contributed by atoms with E-state index in [1.807, 2.05) is 27.7 Å². The highest BCUT2D eigenvalue weighted by atomic mass is 15.4. The summed E-state index contributed by atoms with van der Waals surface area (Å²) >= 11 is 0. The number of benzene rings is 4. The lowest BCUT2D eigenvalue weighted by atomic mass is 9.95. The molecule has 2 aromatic heterocycles. The van der Waals surface area contributed by atoms with Crippen LogP contribution >= 0.6 is 0 Å². The predicted octanol–water partition coefficient (Wildman–Crippen LogP) is 14.4. The number of hydrogen-bond donors (Lipinski definition) is 1. The third kappa shape index (κ3) is 9.03. The maximum atomic E-state index is 5.06. The Bertz CT molecular complexity index is 2520. The molecule has 0 bridgehead atoms. The van der Waals surface area contributed by atoms with Crippen molar-refractivity contribution in [2.75, 3.05) is 10.2 Å². The van der Waals surface area contributed by atoms with E-state index in [4.69, 9.17) is 9.97 Å². The molecule has 2 atom stereocenters. The lowest BCUT2D eigenvalue weighted by molar-refractivity contribution is 0.593. The maximum absolute atomic E-state index is 5.06. The summed E-state index contributed by atoms with van der Waals surface area (Å²) in [6.07, 6.45) is 26.0. The Balaban J connectivity index is 0.000000220. The SMILES string of the molecule is CC.CC.CC/C(=C\Cc1nc2ccccc2n1-c1ccccc1)C1(C)Nc2ccccc2N1C1=CC=CCC=C1.CCCc1nc2ccccc2n1C1=CC=CCC1C. The largest absolute Gasteiger partial charge is 0.357 e. The van der Waals surface area contributed by atoms with E-state index in [1.54, 1.807) is 0 Å². The van der Waals surface area contributed by atoms with Crippen LogP contribution in [0, 0.1) is 5.92 Å². The Morgan fingerprint density at radius 3 is 2.07 bits per heavy atom. The van der Waals surface area contributed by atoms with Gasteiger partial charge in [0.25, 0.3) is 0 Å². The molecule has 6 heteroatoms. The average molecular weight is 797 g/mol. The van der Waals surface area contributed by atoms with Gasteiger partial charge >= 0.3 is 0 Å². The van der Waals surface area contributed by atoms with Crippen LogP contribution in [0.25, 0.3) is 33.5 Å². The van der Waals surface area contributed by atoms with E-state index in [2.05, 4.69) is 205 Å². The molecule has 4 aromatic carbocycles. The monoisotopic (exact) mass is 797 g/mol. The molecule has 0 saturated carbocycles. The van der Waals surface area contributed by atoms with E-state index < -0.39 is 5.66 Å². The van der Waals surface area contributed by atoms with Crippen LogP contribution in [0.1, 0.15) is 92.7 Å². The maximum Gasteiger partial charge on any atom is 0.134 e. The van der Waals surface area contributed by atoms with Gasteiger partial charge in [-0.05, 0) is 105 Å².